The maximum Gasteiger partial charge on any atom is 0.227 e. The zero-order chi connectivity index (χ0) is 21.8. The topological polar surface area (TPSA) is 85.8 Å². The van der Waals surface area contributed by atoms with Gasteiger partial charge in [-0.2, -0.15) is 0 Å². The van der Waals surface area contributed by atoms with E-state index in [9.17, 15) is 9.90 Å². The third kappa shape index (κ3) is 7.52. The Morgan fingerprint density at radius 2 is 1.83 bits per heavy atom. The highest BCUT2D eigenvalue weighted by atomic mass is 16.3. The summed E-state index contributed by atoms with van der Waals surface area (Å²) in [5, 5.41) is 19.3. The zero-order valence-corrected chi connectivity index (χ0v) is 18.2. The van der Waals surface area contributed by atoms with Crippen molar-refractivity contribution in [2.24, 2.45) is 10.9 Å². The molecule has 2 atom stereocenters. The number of amides is 1. The molecule has 30 heavy (non-hydrogen) atoms. The van der Waals surface area contributed by atoms with Crippen molar-refractivity contribution in [3.63, 3.8) is 0 Å². The number of hydrogen-bond donors (Lipinski definition) is 4. The number of rotatable bonds is 10. The van der Waals surface area contributed by atoms with Gasteiger partial charge in [-0.15, -0.1) is 0 Å². The molecule has 0 fully saturated rings. The van der Waals surface area contributed by atoms with Gasteiger partial charge in [-0.1, -0.05) is 56.3 Å². The molecule has 0 aromatic heterocycles. The highest BCUT2D eigenvalue weighted by Gasteiger charge is 2.12. The van der Waals surface area contributed by atoms with Crippen LogP contribution < -0.4 is 16.0 Å². The lowest BCUT2D eigenvalue weighted by Crippen LogP contribution is -2.39. The lowest BCUT2D eigenvalue weighted by atomic mass is 10.0. The fourth-order valence-corrected chi connectivity index (χ4v) is 2.94. The molecule has 0 heterocycles. The summed E-state index contributed by atoms with van der Waals surface area (Å²) in [4.78, 5) is 16.8. The van der Waals surface area contributed by atoms with Crippen LogP contribution in [0.1, 0.15) is 44.2 Å². The Balaban J connectivity index is 2.00. The monoisotopic (exact) mass is 410 g/mol. The van der Waals surface area contributed by atoms with E-state index in [-0.39, 0.29) is 24.3 Å². The second-order valence-electron chi connectivity index (χ2n) is 7.37. The highest BCUT2D eigenvalue weighted by molar-refractivity contribution is 5.92. The molecule has 6 nitrogen and oxygen atoms in total. The quantitative estimate of drug-likeness (QED) is 0.357. The molecule has 0 radical (unpaired) electrons. The van der Waals surface area contributed by atoms with Crippen molar-refractivity contribution in [3.05, 3.63) is 65.7 Å². The Morgan fingerprint density at radius 1 is 1.07 bits per heavy atom. The standard InChI is InChI=1S/C24H34N4O2/c1-4-18(3)23(30)28-22-13-9-10-19(14-22)15-26-24(25-5-2)27-16-21(17-29)20-11-7-6-8-12-20/h6-14,18,21,29H,4-5,15-17H2,1-3H3,(H,28,30)(H2,25,26,27). The molecule has 2 aromatic carbocycles. The minimum atomic E-state index is -0.0136. The minimum absolute atomic E-state index is 0.00542. The number of aliphatic hydroxyl groups is 1. The van der Waals surface area contributed by atoms with Gasteiger partial charge in [0.25, 0.3) is 0 Å². The maximum absolute atomic E-state index is 12.1. The Hall–Kier alpha value is -2.86. The van der Waals surface area contributed by atoms with Gasteiger partial charge < -0.3 is 21.1 Å². The lowest BCUT2D eigenvalue weighted by molar-refractivity contribution is -0.119. The van der Waals surface area contributed by atoms with Crippen LogP contribution >= 0.6 is 0 Å². The van der Waals surface area contributed by atoms with Crippen LogP contribution in [0.15, 0.2) is 59.6 Å². The number of carbonyl (C=O) groups excluding carboxylic acids is 1. The van der Waals surface area contributed by atoms with Crippen molar-refractivity contribution >= 4 is 17.6 Å². The Kier molecular flexibility index (Phi) is 9.87. The van der Waals surface area contributed by atoms with Crippen LogP contribution in [0.25, 0.3) is 0 Å². The summed E-state index contributed by atoms with van der Waals surface area (Å²) < 4.78 is 0. The average Bonchev–Trinajstić information content (AvgIpc) is 2.78. The van der Waals surface area contributed by atoms with Crippen molar-refractivity contribution in [1.29, 1.82) is 0 Å². The maximum atomic E-state index is 12.1. The number of aliphatic imine (C=N–C) groups is 1. The lowest BCUT2D eigenvalue weighted by Gasteiger charge is -2.18. The number of aliphatic hydroxyl groups excluding tert-OH is 1. The second kappa shape index (κ2) is 12.6. The summed E-state index contributed by atoms with van der Waals surface area (Å²) >= 11 is 0. The van der Waals surface area contributed by atoms with E-state index in [0.29, 0.717) is 19.0 Å². The number of carbonyl (C=O) groups is 1. The molecule has 6 heteroatoms. The van der Waals surface area contributed by atoms with E-state index < -0.39 is 0 Å². The number of nitrogens with one attached hydrogen (secondary N) is 3. The first kappa shape index (κ1) is 23.4. The predicted octanol–water partition coefficient (Wildman–Crippen LogP) is 3.50. The summed E-state index contributed by atoms with van der Waals surface area (Å²) in [6, 6.07) is 17.7. The van der Waals surface area contributed by atoms with Crippen LogP contribution in [-0.2, 0) is 11.3 Å². The number of benzene rings is 2. The molecule has 0 bridgehead atoms. The van der Waals surface area contributed by atoms with Crippen LogP contribution in [0.5, 0.6) is 0 Å². The fraction of sp³-hybridized carbons (Fsp3) is 0.417. The number of guanidine groups is 1. The van der Waals surface area contributed by atoms with Gasteiger partial charge in [-0.25, -0.2) is 4.99 Å². The van der Waals surface area contributed by atoms with Gasteiger partial charge >= 0.3 is 0 Å². The average molecular weight is 411 g/mol. The molecule has 0 saturated heterocycles. The van der Waals surface area contributed by atoms with Crippen molar-refractivity contribution in [2.45, 2.75) is 39.7 Å². The molecule has 4 N–H and O–H groups in total. The third-order valence-electron chi connectivity index (χ3n) is 5.03. The molecule has 0 aliphatic heterocycles. The SMILES string of the molecule is CCNC(=NCc1cccc(NC(=O)C(C)CC)c1)NCC(CO)c1ccccc1. The van der Waals surface area contributed by atoms with Crippen LogP contribution in [-0.4, -0.2) is 36.7 Å². The molecule has 2 rings (SSSR count). The second-order valence-corrected chi connectivity index (χ2v) is 7.37. The minimum Gasteiger partial charge on any atom is -0.396 e. The summed E-state index contributed by atoms with van der Waals surface area (Å²) in [7, 11) is 0. The molecule has 2 aromatic rings. The smallest absolute Gasteiger partial charge is 0.227 e. The molecular formula is C24H34N4O2. The van der Waals surface area contributed by atoms with E-state index in [4.69, 9.17) is 0 Å². The number of hydrogen-bond acceptors (Lipinski definition) is 3. The van der Waals surface area contributed by atoms with Gasteiger partial charge in [0, 0.05) is 30.6 Å². The van der Waals surface area contributed by atoms with E-state index in [1.165, 1.54) is 0 Å². The normalized spacial score (nSPS) is 13.4. The summed E-state index contributed by atoms with van der Waals surface area (Å²) in [5.74, 6) is 0.708. The zero-order valence-electron chi connectivity index (χ0n) is 18.2. The first-order chi connectivity index (χ1) is 14.6. The highest BCUT2D eigenvalue weighted by Crippen LogP contribution is 2.15. The fourth-order valence-electron chi connectivity index (χ4n) is 2.94. The predicted molar refractivity (Wildman–Crippen MR) is 124 cm³/mol. The van der Waals surface area contributed by atoms with E-state index in [2.05, 4.69) is 20.9 Å². The number of nitrogens with zero attached hydrogens (tertiary/aromatic N) is 1. The van der Waals surface area contributed by atoms with Crippen molar-refractivity contribution in [1.82, 2.24) is 10.6 Å². The van der Waals surface area contributed by atoms with Gasteiger partial charge in [0.1, 0.15) is 0 Å². The first-order valence-electron chi connectivity index (χ1n) is 10.6. The van der Waals surface area contributed by atoms with Crippen molar-refractivity contribution < 1.29 is 9.90 Å². The van der Waals surface area contributed by atoms with E-state index >= 15 is 0 Å². The van der Waals surface area contributed by atoms with Gasteiger partial charge in [0.2, 0.25) is 5.91 Å². The van der Waals surface area contributed by atoms with Gasteiger partial charge in [-0.05, 0) is 36.6 Å². The summed E-state index contributed by atoms with van der Waals surface area (Å²) in [6.07, 6.45) is 0.811. The Morgan fingerprint density at radius 3 is 2.50 bits per heavy atom. The molecule has 0 aliphatic carbocycles. The van der Waals surface area contributed by atoms with Gasteiger partial charge in [-0.3, -0.25) is 4.79 Å². The van der Waals surface area contributed by atoms with Crippen LogP contribution in [0, 0.1) is 5.92 Å². The van der Waals surface area contributed by atoms with Crippen molar-refractivity contribution in [2.75, 3.05) is 25.0 Å². The van der Waals surface area contributed by atoms with Crippen LogP contribution in [0.2, 0.25) is 0 Å². The first-order valence-corrected chi connectivity index (χ1v) is 10.6. The van der Waals surface area contributed by atoms with Crippen LogP contribution in [0.3, 0.4) is 0 Å². The molecule has 1 amide bonds. The van der Waals surface area contributed by atoms with E-state index in [1.807, 2.05) is 75.4 Å². The number of anilines is 1. The molecule has 162 valence electrons. The molecular weight excluding hydrogens is 376 g/mol. The van der Waals surface area contributed by atoms with E-state index in [1.54, 1.807) is 0 Å². The molecule has 0 spiro atoms. The van der Waals surface area contributed by atoms with Gasteiger partial charge in [0.05, 0.1) is 13.2 Å². The Labute approximate surface area is 179 Å². The molecule has 0 saturated carbocycles. The largest absolute Gasteiger partial charge is 0.396 e. The third-order valence-corrected chi connectivity index (χ3v) is 5.03. The summed E-state index contributed by atoms with van der Waals surface area (Å²) in [5.41, 5.74) is 2.89. The molecule has 2 unspecified atom stereocenters. The van der Waals surface area contributed by atoms with E-state index in [0.717, 1.165) is 29.8 Å². The Bertz CT molecular complexity index is 808. The van der Waals surface area contributed by atoms with Crippen molar-refractivity contribution in [3.8, 4) is 0 Å². The van der Waals surface area contributed by atoms with Crippen LogP contribution in [0.4, 0.5) is 5.69 Å². The van der Waals surface area contributed by atoms with Gasteiger partial charge in [0.15, 0.2) is 5.96 Å². The summed E-state index contributed by atoms with van der Waals surface area (Å²) in [6.45, 7) is 7.81. The molecule has 0 aliphatic rings.